The monoisotopic (exact) mass is 288 g/mol. The highest BCUT2D eigenvalue weighted by atomic mass is 16.5. The first kappa shape index (κ1) is 15.2. The molecule has 5 nitrogen and oxygen atoms in total. The maximum Gasteiger partial charge on any atom is 0.318 e. The van der Waals surface area contributed by atoms with E-state index in [2.05, 4.69) is 16.2 Å². The summed E-state index contributed by atoms with van der Waals surface area (Å²) in [5.74, 6) is 0.117. The molecule has 0 saturated carbocycles. The number of hydrogen-bond donors (Lipinski definition) is 0. The number of carbonyl (C=O) groups excluding carboxylic acids is 1. The van der Waals surface area contributed by atoms with Gasteiger partial charge in [-0.15, -0.1) is 0 Å². The summed E-state index contributed by atoms with van der Waals surface area (Å²) in [5.41, 5.74) is 2.31. The van der Waals surface area contributed by atoms with Crippen LogP contribution in [-0.2, 0) is 16.0 Å². The van der Waals surface area contributed by atoms with Crippen LogP contribution in [0.2, 0.25) is 0 Å². The molecular weight excluding hydrogens is 268 g/mol. The molecule has 21 heavy (non-hydrogen) atoms. The van der Waals surface area contributed by atoms with Gasteiger partial charge < -0.3 is 9.26 Å². The third-order valence-electron chi connectivity index (χ3n) is 3.21. The van der Waals surface area contributed by atoms with E-state index in [9.17, 15) is 4.79 Å². The maximum absolute atomic E-state index is 11.8. The van der Waals surface area contributed by atoms with Crippen LogP contribution in [0.1, 0.15) is 49.0 Å². The number of hydrogen-bond acceptors (Lipinski definition) is 5. The fourth-order valence-corrected chi connectivity index (χ4v) is 2.17. The topological polar surface area (TPSA) is 65.2 Å². The summed E-state index contributed by atoms with van der Waals surface area (Å²) in [6.07, 6.45) is 1.16. The molecule has 1 aromatic carbocycles. The van der Waals surface area contributed by atoms with Crippen molar-refractivity contribution in [1.82, 2.24) is 10.1 Å². The van der Waals surface area contributed by atoms with E-state index in [1.165, 1.54) is 5.56 Å². The molecule has 2 aromatic rings. The molecule has 0 N–H and O–H groups in total. The van der Waals surface area contributed by atoms with E-state index in [1.807, 2.05) is 32.0 Å². The number of benzene rings is 1. The Balaban J connectivity index is 2.11. The SMILES string of the molecule is CCOC(=O)C(CC)c1nc(Cc2cccc(C)c2)no1. The average Bonchev–Trinajstić information content (AvgIpc) is 2.88. The Morgan fingerprint density at radius 1 is 1.38 bits per heavy atom. The second-order valence-corrected chi connectivity index (χ2v) is 4.93. The Morgan fingerprint density at radius 2 is 2.19 bits per heavy atom. The fourth-order valence-electron chi connectivity index (χ4n) is 2.17. The fraction of sp³-hybridized carbons (Fsp3) is 0.438. The van der Waals surface area contributed by atoms with E-state index in [0.29, 0.717) is 31.2 Å². The average molecular weight is 288 g/mol. The van der Waals surface area contributed by atoms with Gasteiger partial charge >= 0.3 is 5.97 Å². The van der Waals surface area contributed by atoms with Gasteiger partial charge in [0.05, 0.1) is 6.61 Å². The van der Waals surface area contributed by atoms with E-state index < -0.39 is 5.92 Å². The van der Waals surface area contributed by atoms with E-state index in [0.717, 1.165) is 5.56 Å². The van der Waals surface area contributed by atoms with Crippen molar-refractivity contribution >= 4 is 5.97 Å². The Morgan fingerprint density at radius 3 is 2.86 bits per heavy atom. The quantitative estimate of drug-likeness (QED) is 0.764. The lowest BCUT2D eigenvalue weighted by Crippen LogP contribution is -2.15. The highest BCUT2D eigenvalue weighted by molar-refractivity contribution is 5.76. The third-order valence-corrected chi connectivity index (χ3v) is 3.21. The van der Waals surface area contributed by atoms with Gasteiger partial charge in [-0.25, -0.2) is 0 Å². The molecule has 0 bridgehead atoms. The van der Waals surface area contributed by atoms with Crippen LogP contribution in [0.4, 0.5) is 0 Å². The molecule has 0 fully saturated rings. The van der Waals surface area contributed by atoms with E-state index >= 15 is 0 Å². The molecule has 0 spiro atoms. The van der Waals surface area contributed by atoms with Gasteiger partial charge in [0.25, 0.3) is 0 Å². The van der Waals surface area contributed by atoms with Crippen LogP contribution >= 0.6 is 0 Å². The predicted molar refractivity (Wildman–Crippen MR) is 77.9 cm³/mol. The molecule has 2 rings (SSSR count). The lowest BCUT2D eigenvalue weighted by Gasteiger charge is -2.08. The van der Waals surface area contributed by atoms with Crippen molar-refractivity contribution in [3.8, 4) is 0 Å². The zero-order valence-electron chi connectivity index (χ0n) is 12.6. The van der Waals surface area contributed by atoms with Crippen LogP contribution < -0.4 is 0 Å². The molecule has 0 aliphatic heterocycles. The number of nitrogens with zero attached hydrogens (tertiary/aromatic N) is 2. The summed E-state index contributed by atoms with van der Waals surface area (Å²) < 4.78 is 10.3. The minimum absolute atomic E-state index is 0.314. The predicted octanol–water partition coefficient (Wildman–Crippen LogP) is 3.03. The molecule has 0 amide bonds. The smallest absolute Gasteiger partial charge is 0.318 e. The first-order chi connectivity index (χ1) is 10.1. The van der Waals surface area contributed by atoms with Crippen LogP contribution in [0, 0.1) is 6.92 Å². The Kier molecular flexibility index (Phi) is 5.09. The molecule has 1 aromatic heterocycles. The molecule has 0 aliphatic carbocycles. The van der Waals surface area contributed by atoms with Crippen molar-refractivity contribution in [2.24, 2.45) is 0 Å². The zero-order chi connectivity index (χ0) is 15.2. The lowest BCUT2D eigenvalue weighted by molar-refractivity contribution is -0.145. The van der Waals surface area contributed by atoms with E-state index in [1.54, 1.807) is 6.92 Å². The first-order valence-corrected chi connectivity index (χ1v) is 7.18. The largest absolute Gasteiger partial charge is 0.465 e. The highest BCUT2D eigenvalue weighted by Gasteiger charge is 2.26. The minimum atomic E-state index is -0.483. The molecule has 0 radical (unpaired) electrons. The Labute approximate surface area is 124 Å². The highest BCUT2D eigenvalue weighted by Crippen LogP contribution is 2.20. The molecule has 1 heterocycles. The summed E-state index contributed by atoms with van der Waals surface area (Å²) >= 11 is 0. The van der Waals surface area contributed by atoms with Gasteiger partial charge in [-0.2, -0.15) is 4.98 Å². The third kappa shape index (κ3) is 3.90. The summed E-state index contributed by atoms with van der Waals surface area (Å²) in [7, 11) is 0. The van der Waals surface area contributed by atoms with Crippen LogP contribution in [0.5, 0.6) is 0 Å². The van der Waals surface area contributed by atoms with Crippen LogP contribution in [0.3, 0.4) is 0 Å². The normalized spacial score (nSPS) is 12.1. The Bertz CT molecular complexity index is 607. The zero-order valence-corrected chi connectivity index (χ0v) is 12.6. The summed E-state index contributed by atoms with van der Waals surface area (Å²) in [6, 6.07) is 8.14. The Hall–Kier alpha value is -2.17. The second kappa shape index (κ2) is 7.02. The minimum Gasteiger partial charge on any atom is -0.465 e. The number of carbonyl (C=O) groups is 1. The maximum atomic E-state index is 11.8. The van der Waals surface area contributed by atoms with Gasteiger partial charge in [0.2, 0.25) is 5.89 Å². The number of ether oxygens (including phenoxy) is 1. The number of rotatable bonds is 6. The van der Waals surface area contributed by atoms with Crippen LogP contribution in [0.25, 0.3) is 0 Å². The second-order valence-electron chi connectivity index (χ2n) is 4.93. The van der Waals surface area contributed by atoms with Gasteiger partial charge in [0.1, 0.15) is 5.92 Å². The van der Waals surface area contributed by atoms with Gasteiger partial charge in [-0.05, 0) is 25.8 Å². The molecule has 1 unspecified atom stereocenters. The van der Waals surface area contributed by atoms with E-state index in [-0.39, 0.29) is 5.97 Å². The van der Waals surface area contributed by atoms with Gasteiger partial charge in [-0.1, -0.05) is 41.9 Å². The van der Waals surface area contributed by atoms with Crippen molar-refractivity contribution in [2.75, 3.05) is 6.61 Å². The summed E-state index contributed by atoms with van der Waals surface area (Å²) in [6.45, 7) is 6.06. The molecule has 0 aliphatic rings. The molecule has 112 valence electrons. The molecule has 1 atom stereocenters. The van der Waals surface area contributed by atoms with Crippen LogP contribution in [-0.4, -0.2) is 22.7 Å². The molecular formula is C16H20N2O3. The van der Waals surface area contributed by atoms with Crippen molar-refractivity contribution in [3.63, 3.8) is 0 Å². The van der Waals surface area contributed by atoms with Gasteiger partial charge in [0, 0.05) is 6.42 Å². The molecule has 0 saturated heterocycles. The van der Waals surface area contributed by atoms with Crippen LogP contribution in [0.15, 0.2) is 28.8 Å². The van der Waals surface area contributed by atoms with Gasteiger partial charge in [0.15, 0.2) is 5.82 Å². The number of aromatic nitrogens is 2. The van der Waals surface area contributed by atoms with Gasteiger partial charge in [-0.3, -0.25) is 4.79 Å². The van der Waals surface area contributed by atoms with Crippen molar-refractivity contribution in [2.45, 2.75) is 39.5 Å². The summed E-state index contributed by atoms with van der Waals surface area (Å²) in [4.78, 5) is 16.2. The number of aryl methyl sites for hydroxylation is 1. The number of esters is 1. The molecule has 5 heteroatoms. The first-order valence-electron chi connectivity index (χ1n) is 7.18. The van der Waals surface area contributed by atoms with Crippen molar-refractivity contribution in [3.05, 3.63) is 47.1 Å². The lowest BCUT2D eigenvalue weighted by atomic mass is 10.1. The van der Waals surface area contributed by atoms with Crippen molar-refractivity contribution < 1.29 is 14.1 Å². The van der Waals surface area contributed by atoms with Crippen molar-refractivity contribution in [1.29, 1.82) is 0 Å². The standard InChI is InChI=1S/C16H20N2O3/c1-4-13(16(19)20-5-2)15-17-14(18-21-15)10-12-8-6-7-11(3)9-12/h6-9,13H,4-5,10H2,1-3H3. The van der Waals surface area contributed by atoms with E-state index in [4.69, 9.17) is 9.26 Å². The summed E-state index contributed by atoms with van der Waals surface area (Å²) in [5, 5.41) is 3.96.